The molecule has 2 aromatic carbocycles. The summed E-state index contributed by atoms with van der Waals surface area (Å²) < 4.78 is 11.2. The van der Waals surface area contributed by atoms with Gasteiger partial charge in [0.1, 0.15) is 13.2 Å². The van der Waals surface area contributed by atoms with Gasteiger partial charge in [-0.25, -0.2) is 0 Å². The molecule has 4 rings (SSSR count). The number of alkyl halides is 1. The van der Waals surface area contributed by atoms with Crippen molar-refractivity contribution in [1.82, 2.24) is 0 Å². The first-order chi connectivity index (χ1) is 10.3. The topological polar surface area (TPSA) is 18.5 Å². The van der Waals surface area contributed by atoms with E-state index >= 15 is 0 Å². The van der Waals surface area contributed by atoms with Crippen LogP contribution in [0.1, 0.15) is 34.1 Å². The lowest BCUT2D eigenvalue weighted by Gasteiger charge is -2.20. The van der Waals surface area contributed by atoms with E-state index in [9.17, 15) is 0 Å². The van der Waals surface area contributed by atoms with Gasteiger partial charge in [-0.05, 0) is 53.6 Å². The van der Waals surface area contributed by atoms with E-state index in [0.717, 1.165) is 22.6 Å². The summed E-state index contributed by atoms with van der Waals surface area (Å²) in [7, 11) is 0. The van der Waals surface area contributed by atoms with Gasteiger partial charge in [-0.1, -0.05) is 24.3 Å². The largest absolute Gasteiger partial charge is 0.486 e. The lowest BCUT2D eigenvalue weighted by atomic mass is 9.99. The van der Waals surface area contributed by atoms with E-state index in [2.05, 4.69) is 18.2 Å². The molecule has 1 unspecified atom stereocenters. The normalized spacial score (nSPS) is 17.4. The smallest absolute Gasteiger partial charge is 0.161 e. The molecular weight excluding hydrogens is 284 g/mol. The molecule has 0 N–H and O–H groups in total. The highest BCUT2D eigenvalue weighted by molar-refractivity contribution is 6.22. The highest BCUT2D eigenvalue weighted by Crippen LogP contribution is 2.37. The average Bonchev–Trinajstić information content (AvgIpc) is 3.01. The van der Waals surface area contributed by atoms with E-state index < -0.39 is 0 Å². The maximum atomic E-state index is 6.68. The Balaban J connectivity index is 1.66. The van der Waals surface area contributed by atoms with Crippen molar-refractivity contribution in [3.05, 3.63) is 58.7 Å². The maximum absolute atomic E-state index is 6.68. The highest BCUT2D eigenvalue weighted by Gasteiger charge is 2.18. The molecule has 21 heavy (non-hydrogen) atoms. The third-order valence-electron chi connectivity index (χ3n) is 4.27. The fourth-order valence-corrected chi connectivity index (χ4v) is 3.43. The zero-order chi connectivity index (χ0) is 14.2. The highest BCUT2D eigenvalue weighted by atomic mass is 35.5. The fourth-order valence-electron chi connectivity index (χ4n) is 3.16. The van der Waals surface area contributed by atoms with Crippen LogP contribution in [0.3, 0.4) is 0 Å². The Morgan fingerprint density at radius 1 is 0.810 bits per heavy atom. The second kappa shape index (κ2) is 5.27. The number of hydrogen-bond donors (Lipinski definition) is 0. The Kier molecular flexibility index (Phi) is 3.27. The van der Waals surface area contributed by atoms with Crippen LogP contribution in [0.5, 0.6) is 11.5 Å². The number of rotatable bonds is 2. The van der Waals surface area contributed by atoms with E-state index in [1.165, 1.54) is 30.4 Å². The molecule has 1 heterocycles. The summed E-state index contributed by atoms with van der Waals surface area (Å²) in [4.78, 5) is 0. The van der Waals surface area contributed by atoms with E-state index in [0.29, 0.717) is 13.2 Å². The van der Waals surface area contributed by atoms with Gasteiger partial charge in [0.15, 0.2) is 11.5 Å². The maximum Gasteiger partial charge on any atom is 0.161 e. The second-order valence-electron chi connectivity index (χ2n) is 5.65. The van der Waals surface area contributed by atoms with Crippen LogP contribution in [0, 0.1) is 0 Å². The fraction of sp³-hybridized carbons (Fsp3) is 0.333. The molecule has 108 valence electrons. The van der Waals surface area contributed by atoms with Crippen molar-refractivity contribution in [1.29, 1.82) is 0 Å². The lowest BCUT2D eigenvalue weighted by molar-refractivity contribution is 0.171. The Labute approximate surface area is 129 Å². The predicted molar refractivity (Wildman–Crippen MR) is 83.6 cm³/mol. The van der Waals surface area contributed by atoms with Crippen LogP contribution < -0.4 is 9.47 Å². The van der Waals surface area contributed by atoms with Crippen molar-refractivity contribution in [3.63, 3.8) is 0 Å². The van der Waals surface area contributed by atoms with Gasteiger partial charge in [-0.2, -0.15) is 0 Å². The molecular formula is C18H17ClO2. The minimum Gasteiger partial charge on any atom is -0.486 e. The van der Waals surface area contributed by atoms with Gasteiger partial charge >= 0.3 is 0 Å². The van der Waals surface area contributed by atoms with Crippen LogP contribution in [0.4, 0.5) is 0 Å². The first-order valence-corrected chi connectivity index (χ1v) is 7.90. The summed E-state index contributed by atoms with van der Waals surface area (Å²) in [6.45, 7) is 1.21. The number of hydrogen-bond acceptors (Lipinski definition) is 2. The minimum atomic E-state index is -0.147. The zero-order valence-corrected chi connectivity index (χ0v) is 12.5. The molecule has 2 nitrogen and oxygen atoms in total. The van der Waals surface area contributed by atoms with Crippen molar-refractivity contribution in [2.45, 2.75) is 24.6 Å². The van der Waals surface area contributed by atoms with Crippen molar-refractivity contribution < 1.29 is 9.47 Å². The quantitative estimate of drug-likeness (QED) is 0.771. The zero-order valence-electron chi connectivity index (χ0n) is 11.8. The molecule has 0 saturated carbocycles. The lowest BCUT2D eigenvalue weighted by Crippen LogP contribution is -2.15. The van der Waals surface area contributed by atoms with Crippen LogP contribution in [-0.2, 0) is 12.8 Å². The van der Waals surface area contributed by atoms with E-state index in [1.807, 2.05) is 18.2 Å². The van der Waals surface area contributed by atoms with Gasteiger partial charge in [0, 0.05) is 0 Å². The molecule has 0 fully saturated rings. The Hall–Kier alpha value is -1.67. The predicted octanol–water partition coefficient (Wildman–Crippen LogP) is 4.27. The standard InChI is InChI=1S/C18H17ClO2/c19-18(14-5-4-12-2-1-3-13(12)10-14)15-6-7-16-17(11-15)21-9-8-20-16/h4-7,10-11,18H,1-3,8-9H2. The molecule has 0 bridgehead atoms. The summed E-state index contributed by atoms with van der Waals surface area (Å²) >= 11 is 6.68. The van der Waals surface area contributed by atoms with Crippen LogP contribution in [0.15, 0.2) is 36.4 Å². The van der Waals surface area contributed by atoms with Crippen molar-refractivity contribution in [3.8, 4) is 11.5 Å². The molecule has 0 saturated heterocycles. The first-order valence-electron chi connectivity index (χ1n) is 7.46. The summed E-state index contributed by atoms with van der Waals surface area (Å²) in [5.41, 5.74) is 5.15. The van der Waals surface area contributed by atoms with Crippen LogP contribution in [0.2, 0.25) is 0 Å². The molecule has 0 radical (unpaired) electrons. The number of ether oxygens (including phenoxy) is 2. The Morgan fingerprint density at radius 2 is 1.52 bits per heavy atom. The second-order valence-corrected chi connectivity index (χ2v) is 6.08. The van der Waals surface area contributed by atoms with Gasteiger partial charge in [0.05, 0.1) is 5.38 Å². The average molecular weight is 301 g/mol. The number of fused-ring (bicyclic) bond motifs is 2. The van der Waals surface area contributed by atoms with Gasteiger partial charge < -0.3 is 9.47 Å². The Morgan fingerprint density at radius 3 is 2.43 bits per heavy atom. The van der Waals surface area contributed by atoms with Crippen molar-refractivity contribution in [2.24, 2.45) is 0 Å². The monoisotopic (exact) mass is 300 g/mol. The van der Waals surface area contributed by atoms with E-state index in [4.69, 9.17) is 21.1 Å². The molecule has 0 aromatic heterocycles. The summed E-state index contributed by atoms with van der Waals surface area (Å²) in [5.74, 6) is 1.60. The minimum absolute atomic E-state index is 0.147. The molecule has 3 heteroatoms. The summed E-state index contributed by atoms with van der Waals surface area (Å²) in [6, 6.07) is 12.6. The van der Waals surface area contributed by atoms with E-state index in [-0.39, 0.29) is 5.38 Å². The third kappa shape index (κ3) is 2.38. The molecule has 1 aliphatic carbocycles. The van der Waals surface area contributed by atoms with Crippen LogP contribution >= 0.6 is 11.6 Å². The molecule has 2 aromatic rings. The van der Waals surface area contributed by atoms with Gasteiger partial charge in [-0.15, -0.1) is 11.6 Å². The first kappa shape index (κ1) is 13.0. The molecule has 0 spiro atoms. The number of aryl methyl sites for hydroxylation is 2. The van der Waals surface area contributed by atoms with Crippen molar-refractivity contribution >= 4 is 11.6 Å². The molecule has 0 amide bonds. The van der Waals surface area contributed by atoms with Gasteiger partial charge in [-0.3, -0.25) is 0 Å². The van der Waals surface area contributed by atoms with Crippen LogP contribution in [-0.4, -0.2) is 13.2 Å². The third-order valence-corrected chi connectivity index (χ3v) is 4.78. The van der Waals surface area contributed by atoms with Gasteiger partial charge in [0.25, 0.3) is 0 Å². The number of halogens is 1. The SMILES string of the molecule is ClC(c1ccc2c(c1)CCC2)c1ccc2c(c1)OCCO2. The Bertz CT molecular complexity index is 681. The van der Waals surface area contributed by atoms with E-state index in [1.54, 1.807) is 0 Å². The van der Waals surface area contributed by atoms with Crippen LogP contribution in [0.25, 0.3) is 0 Å². The molecule has 1 aliphatic heterocycles. The van der Waals surface area contributed by atoms with Gasteiger partial charge in [0.2, 0.25) is 0 Å². The summed E-state index contributed by atoms with van der Waals surface area (Å²) in [5, 5.41) is -0.147. The molecule has 1 atom stereocenters. The van der Waals surface area contributed by atoms with Crippen molar-refractivity contribution in [2.75, 3.05) is 13.2 Å². The summed E-state index contributed by atoms with van der Waals surface area (Å²) in [6.07, 6.45) is 3.64. The number of benzene rings is 2. The molecule has 2 aliphatic rings.